The van der Waals surface area contributed by atoms with Crippen molar-refractivity contribution in [3.63, 3.8) is 0 Å². The number of rotatable bonds is 4. The van der Waals surface area contributed by atoms with Gasteiger partial charge in [0.05, 0.1) is 17.2 Å². The standard InChI is InChI=1S/C20H15ClFN3S2/c1-13-23-10-18(27-13)11-24-12-19(14-2-6-16(22)7-3-14)25(20(24)26)17-8-4-15(21)5-9-17/h2-10,12H,11H2,1H3. The Morgan fingerprint density at radius 1 is 1.11 bits per heavy atom. The number of hydrogen-bond acceptors (Lipinski definition) is 3. The van der Waals surface area contributed by atoms with Gasteiger partial charge in [-0.3, -0.25) is 4.57 Å². The largest absolute Gasteiger partial charge is 0.318 e. The van der Waals surface area contributed by atoms with E-state index in [2.05, 4.69) is 4.98 Å². The van der Waals surface area contributed by atoms with Gasteiger partial charge in [0, 0.05) is 33.5 Å². The molecule has 0 aliphatic heterocycles. The molecule has 2 aromatic carbocycles. The molecule has 4 aromatic rings. The highest BCUT2D eigenvalue weighted by atomic mass is 35.5. The zero-order chi connectivity index (χ0) is 19.0. The minimum Gasteiger partial charge on any atom is -0.318 e. The highest BCUT2D eigenvalue weighted by molar-refractivity contribution is 7.71. The third kappa shape index (κ3) is 3.74. The summed E-state index contributed by atoms with van der Waals surface area (Å²) < 4.78 is 18.0. The van der Waals surface area contributed by atoms with Crippen molar-refractivity contribution in [2.24, 2.45) is 0 Å². The van der Waals surface area contributed by atoms with E-state index in [1.54, 1.807) is 23.5 Å². The van der Waals surface area contributed by atoms with E-state index in [4.69, 9.17) is 23.8 Å². The van der Waals surface area contributed by atoms with Crippen LogP contribution in [0.15, 0.2) is 60.9 Å². The predicted octanol–water partition coefficient (Wildman–Crippen LogP) is 6.28. The number of thiazole rings is 1. The molecule has 0 bridgehead atoms. The molecule has 0 atom stereocenters. The van der Waals surface area contributed by atoms with Crippen LogP contribution in [0.1, 0.15) is 9.88 Å². The van der Waals surface area contributed by atoms with Gasteiger partial charge in [0.2, 0.25) is 0 Å². The minimum absolute atomic E-state index is 0.269. The second-order valence-corrected chi connectivity index (χ2v) is 8.21. The van der Waals surface area contributed by atoms with Crippen molar-refractivity contribution in [2.45, 2.75) is 13.5 Å². The fraction of sp³-hybridized carbons (Fsp3) is 0.100. The molecule has 0 amide bonds. The van der Waals surface area contributed by atoms with Crippen molar-refractivity contribution in [3.8, 4) is 16.9 Å². The van der Waals surface area contributed by atoms with E-state index >= 15 is 0 Å². The Bertz CT molecular complexity index is 1140. The Kier molecular flexibility index (Phi) is 4.95. The second-order valence-electron chi connectivity index (χ2n) is 6.09. The van der Waals surface area contributed by atoms with Crippen molar-refractivity contribution < 1.29 is 4.39 Å². The number of halogens is 2. The maximum atomic E-state index is 13.4. The highest BCUT2D eigenvalue weighted by Crippen LogP contribution is 2.27. The molecule has 27 heavy (non-hydrogen) atoms. The first-order valence-corrected chi connectivity index (χ1v) is 9.87. The average Bonchev–Trinajstić information content (AvgIpc) is 3.20. The normalized spacial score (nSPS) is 11.1. The van der Waals surface area contributed by atoms with Crippen LogP contribution in [-0.4, -0.2) is 14.1 Å². The fourth-order valence-electron chi connectivity index (χ4n) is 2.92. The second kappa shape index (κ2) is 7.38. The molecule has 0 aliphatic rings. The van der Waals surface area contributed by atoms with Crippen LogP contribution >= 0.6 is 35.2 Å². The number of aromatic nitrogens is 3. The zero-order valence-electron chi connectivity index (χ0n) is 14.4. The van der Waals surface area contributed by atoms with Gasteiger partial charge in [0.1, 0.15) is 5.82 Å². The molecule has 2 heterocycles. The number of aryl methyl sites for hydroxylation is 1. The molecule has 0 N–H and O–H groups in total. The molecule has 3 nitrogen and oxygen atoms in total. The lowest BCUT2D eigenvalue weighted by atomic mass is 10.1. The molecule has 136 valence electrons. The van der Waals surface area contributed by atoms with Crippen LogP contribution < -0.4 is 0 Å². The highest BCUT2D eigenvalue weighted by Gasteiger charge is 2.14. The fourth-order valence-corrected chi connectivity index (χ4v) is 4.16. The van der Waals surface area contributed by atoms with Gasteiger partial charge >= 0.3 is 0 Å². The quantitative estimate of drug-likeness (QED) is 0.366. The van der Waals surface area contributed by atoms with Crippen LogP contribution in [0.25, 0.3) is 16.9 Å². The molecule has 0 aliphatic carbocycles. The first-order valence-electron chi connectivity index (χ1n) is 8.26. The van der Waals surface area contributed by atoms with Gasteiger partial charge in [-0.25, -0.2) is 9.37 Å². The summed E-state index contributed by atoms with van der Waals surface area (Å²) in [7, 11) is 0. The van der Waals surface area contributed by atoms with E-state index in [-0.39, 0.29) is 5.82 Å². The topological polar surface area (TPSA) is 22.8 Å². The number of imidazole rings is 1. The first kappa shape index (κ1) is 18.1. The summed E-state index contributed by atoms with van der Waals surface area (Å²) in [5.41, 5.74) is 2.68. The SMILES string of the molecule is Cc1ncc(Cn2cc(-c3ccc(F)cc3)n(-c3ccc(Cl)cc3)c2=S)s1. The molecule has 0 unspecified atom stereocenters. The molecule has 0 spiro atoms. The van der Waals surface area contributed by atoms with E-state index < -0.39 is 0 Å². The molecule has 2 aromatic heterocycles. The molecular formula is C20H15ClFN3S2. The summed E-state index contributed by atoms with van der Waals surface area (Å²) in [6.07, 6.45) is 3.87. The summed E-state index contributed by atoms with van der Waals surface area (Å²) >= 11 is 13.5. The third-order valence-electron chi connectivity index (χ3n) is 4.18. The van der Waals surface area contributed by atoms with Gasteiger partial charge in [0.15, 0.2) is 4.77 Å². The van der Waals surface area contributed by atoms with Crippen molar-refractivity contribution in [3.05, 3.63) is 86.4 Å². The maximum absolute atomic E-state index is 13.4. The third-order valence-corrected chi connectivity index (χ3v) is 5.74. The molecular weight excluding hydrogens is 401 g/mol. The molecule has 7 heteroatoms. The van der Waals surface area contributed by atoms with Crippen LogP contribution in [0.5, 0.6) is 0 Å². The van der Waals surface area contributed by atoms with Gasteiger partial charge in [-0.1, -0.05) is 11.6 Å². The Labute approximate surface area is 170 Å². The van der Waals surface area contributed by atoms with Crippen molar-refractivity contribution in [1.29, 1.82) is 0 Å². The summed E-state index contributed by atoms with van der Waals surface area (Å²) in [4.78, 5) is 5.44. The Hall–Kier alpha value is -2.28. The molecule has 0 saturated heterocycles. The Morgan fingerprint density at radius 2 is 1.81 bits per heavy atom. The summed E-state index contributed by atoms with van der Waals surface area (Å²) in [6.45, 7) is 2.62. The lowest BCUT2D eigenvalue weighted by Crippen LogP contribution is -2.00. The van der Waals surface area contributed by atoms with E-state index in [0.717, 1.165) is 26.8 Å². The van der Waals surface area contributed by atoms with Gasteiger partial charge in [0.25, 0.3) is 0 Å². The molecule has 0 fully saturated rings. The number of benzene rings is 2. The van der Waals surface area contributed by atoms with Crippen LogP contribution in [0, 0.1) is 17.5 Å². The van der Waals surface area contributed by atoms with Gasteiger partial charge in [-0.05, 0) is 67.7 Å². The zero-order valence-corrected chi connectivity index (χ0v) is 16.8. The van der Waals surface area contributed by atoms with Crippen molar-refractivity contribution in [1.82, 2.24) is 14.1 Å². The monoisotopic (exact) mass is 415 g/mol. The predicted molar refractivity (Wildman–Crippen MR) is 111 cm³/mol. The van der Waals surface area contributed by atoms with Gasteiger partial charge in [-0.2, -0.15) is 0 Å². The molecule has 0 saturated carbocycles. The Morgan fingerprint density at radius 3 is 2.44 bits per heavy atom. The smallest absolute Gasteiger partial charge is 0.185 e. The van der Waals surface area contributed by atoms with E-state index in [1.807, 2.05) is 52.7 Å². The van der Waals surface area contributed by atoms with E-state index in [1.165, 1.54) is 12.1 Å². The van der Waals surface area contributed by atoms with E-state index in [9.17, 15) is 4.39 Å². The summed E-state index contributed by atoms with van der Waals surface area (Å²) in [5, 5.41) is 1.68. The summed E-state index contributed by atoms with van der Waals surface area (Å²) in [6, 6.07) is 13.9. The summed E-state index contributed by atoms with van der Waals surface area (Å²) in [5.74, 6) is -0.269. The molecule has 4 rings (SSSR count). The van der Waals surface area contributed by atoms with Gasteiger partial charge < -0.3 is 4.57 Å². The molecule has 0 radical (unpaired) electrons. The Balaban J connectivity index is 1.87. The van der Waals surface area contributed by atoms with Crippen molar-refractivity contribution in [2.75, 3.05) is 0 Å². The van der Waals surface area contributed by atoms with Crippen LogP contribution in [-0.2, 0) is 6.54 Å². The van der Waals surface area contributed by atoms with Gasteiger partial charge in [-0.15, -0.1) is 11.3 Å². The first-order chi connectivity index (χ1) is 13.0. The van der Waals surface area contributed by atoms with E-state index in [0.29, 0.717) is 16.3 Å². The van der Waals surface area contributed by atoms with Crippen LogP contribution in [0.4, 0.5) is 4.39 Å². The lowest BCUT2D eigenvalue weighted by molar-refractivity contribution is 0.628. The lowest BCUT2D eigenvalue weighted by Gasteiger charge is -2.09. The number of nitrogens with zero attached hydrogens (tertiary/aromatic N) is 3. The van der Waals surface area contributed by atoms with Crippen LogP contribution in [0.2, 0.25) is 5.02 Å². The average molecular weight is 416 g/mol. The minimum atomic E-state index is -0.269. The number of hydrogen-bond donors (Lipinski definition) is 0. The van der Waals surface area contributed by atoms with Crippen LogP contribution in [0.3, 0.4) is 0 Å². The maximum Gasteiger partial charge on any atom is 0.185 e. The van der Waals surface area contributed by atoms with Crippen molar-refractivity contribution >= 4 is 35.2 Å².